The van der Waals surface area contributed by atoms with Crippen molar-refractivity contribution in [2.24, 2.45) is 0 Å². The van der Waals surface area contributed by atoms with Gasteiger partial charge in [0, 0.05) is 11.6 Å². The first-order valence-electron chi connectivity index (χ1n) is 4.72. The number of nitro groups is 1. The van der Waals surface area contributed by atoms with E-state index in [2.05, 4.69) is 4.74 Å². The van der Waals surface area contributed by atoms with Gasteiger partial charge in [0.25, 0.3) is 0 Å². The van der Waals surface area contributed by atoms with Gasteiger partial charge in [-0.2, -0.15) is 4.39 Å². The van der Waals surface area contributed by atoms with E-state index in [0.29, 0.717) is 6.07 Å². The average Bonchev–Trinajstić information content (AvgIpc) is 2.27. The molecule has 0 amide bonds. The van der Waals surface area contributed by atoms with Crippen molar-refractivity contribution in [3.8, 4) is 0 Å². The van der Waals surface area contributed by atoms with E-state index in [9.17, 15) is 23.7 Å². The van der Waals surface area contributed by atoms with Crippen LogP contribution in [-0.4, -0.2) is 17.5 Å². The molecule has 1 rings (SSSR count). The number of hydrogen-bond donors (Lipinski definition) is 0. The summed E-state index contributed by atoms with van der Waals surface area (Å²) in [6.45, 7) is 1.50. The standard InChI is InChI=1S/C10H9F2NO4/c1-2-17-10(14)9(12)6-3-4-8(13(15)16)7(11)5-6/h3-5,9H,2H2,1H3. The van der Waals surface area contributed by atoms with E-state index in [4.69, 9.17) is 0 Å². The molecule has 0 fully saturated rings. The lowest BCUT2D eigenvalue weighted by Gasteiger charge is -2.07. The SMILES string of the molecule is CCOC(=O)C(F)c1ccc([N+](=O)[O-])c(F)c1. The minimum absolute atomic E-state index is 0.00524. The molecule has 0 radical (unpaired) electrons. The number of carbonyl (C=O) groups is 1. The molecular weight excluding hydrogens is 236 g/mol. The molecular formula is C10H9F2NO4. The second kappa shape index (κ2) is 5.33. The summed E-state index contributed by atoms with van der Waals surface area (Å²) in [4.78, 5) is 20.4. The Bertz CT molecular complexity index is 450. The van der Waals surface area contributed by atoms with E-state index in [1.54, 1.807) is 0 Å². The Kier molecular flexibility index (Phi) is 4.08. The summed E-state index contributed by atoms with van der Waals surface area (Å²) >= 11 is 0. The van der Waals surface area contributed by atoms with Crippen LogP contribution in [0, 0.1) is 15.9 Å². The van der Waals surface area contributed by atoms with Crippen LogP contribution in [0.1, 0.15) is 18.7 Å². The van der Waals surface area contributed by atoms with E-state index in [0.717, 1.165) is 12.1 Å². The molecule has 0 aliphatic heterocycles. The van der Waals surface area contributed by atoms with Gasteiger partial charge in [0.2, 0.25) is 12.0 Å². The molecule has 0 spiro atoms. The third kappa shape index (κ3) is 2.96. The molecule has 1 aromatic carbocycles. The Morgan fingerprint density at radius 3 is 2.71 bits per heavy atom. The van der Waals surface area contributed by atoms with Crippen LogP contribution < -0.4 is 0 Å². The van der Waals surface area contributed by atoms with Crippen LogP contribution in [0.25, 0.3) is 0 Å². The number of nitro benzene ring substituents is 1. The molecule has 1 atom stereocenters. The zero-order valence-corrected chi connectivity index (χ0v) is 8.85. The molecule has 7 heteroatoms. The van der Waals surface area contributed by atoms with E-state index < -0.39 is 28.6 Å². The maximum atomic E-state index is 13.4. The predicted octanol–water partition coefficient (Wildman–Crippen LogP) is 2.31. The fourth-order valence-electron chi connectivity index (χ4n) is 1.18. The van der Waals surface area contributed by atoms with Crippen LogP contribution in [0.3, 0.4) is 0 Å². The molecule has 5 nitrogen and oxygen atoms in total. The van der Waals surface area contributed by atoms with Crippen molar-refractivity contribution in [3.63, 3.8) is 0 Å². The zero-order chi connectivity index (χ0) is 13.0. The molecule has 1 unspecified atom stereocenters. The van der Waals surface area contributed by atoms with Crippen molar-refractivity contribution >= 4 is 11.7 Å². The number of hydrogen-bond acceptors (Lipinski definition) is 4. The van der Waals surface area contributed by atoms with E-state index in [-0.39, 0.29) is 12.2 Å². The quantitative estimate of drug-likeness (QED) is 0.463. The molecule has 0 aliphatic rings. The van der Waals surface area contributed by atoms with Gasteiger partial charge in [0.1, 0.15) is 0 Å². The number of benzene rings is 1. The van der Waals surface area contributed by atoms with Crippen molar-refractivity contribution in [1.82, 2.24) is 0 Å². The summed E-state index contributed by atoms with van der Waals surface area (Å²) in [5, 5.41) is 10.3. The van der Waals surface area contributed by atoms with Crippen molar-refractivity contribution in [3.05, 3.63) is 39.7 Å². The van der Waals surface area contributed by atoms with Gasteiger partial charge in [-0.25, -0.2) is 9.18 Å². The van der Waals surface area contributed by atoms with Crippen LogP contribution in [0.5, 0.6) is 0 Å². The van der Waals surface area contributed by atoms with Gasteiger partial charge in [-0.15, -0.1) is 0 Å². The van der Waals surface area contributed by atoms with Gasteiger partial charge in [-0.3, -0.25) is 10.1 Å². The highest BCUT2D eigenvalue weighted by atomic mass is 19.1. The fraction of sp³-hybridized carbons (Fsp3) is 0.300. The minimum Gasteiger partial charge on any atom is -0.464 e. The Labute approximate surface area is 95.2 Å². The number of halogens is 2. The highest BCUT2D eigenvalue weighted by molar-refractivity contribution is 5.76. The van der Waals surface area contributed by atoms with Gasteiger partial charge >= 0.3 is 11.7 Å². The smallest absolute Gasteiger partial charge is 0.345 e. The second-order valence-electron chi connectivity index (χ2n) is 3.08. The monoisotopic (exact) mass is 245 g/mol. The fourth-order valence-corrected chi connectivity index (χ4v) is 1.18. The minimum atomic E-state index is -2.15. The topological polar surface area (TPSA) is 69.4 Å². The van der Waals surface area contributed by atoms with E-state index in [1.807, 2.05) is 0 Å². The Morgan fingerprint density at radius 2 is 2.24 bits per heavy atom. The molecule has 0 aromatic heterocycles. The average molecular weight is 245 g/mol. The van der Waals surface area contributed by atoms with Crippen molar-refractivity contribution in [2.45, 2.75) is 13.1 Å². The number of nitrogens with zero attached hydrogens (tertiary/aromatic N) is 1. The molecule has 1 aromatic rings. The molecule has 0 heterocycles. The lowest BCUT2D eigenvalue weighted by molar-refractivity contribution is -0.387. The lowest BCUT2D eigenvalue weighted by atomic mass is 10.1. The normalized spacial score (nSPS) is 11.9. The molecule has 0 N–H and O–H groups in total. The third-order valence-electron chi connectivity index (χ3n) is 1.95. The third-order valence-corrected chi connectivity index (χ3v) is 1.95. The van der Waals surface area contributed by atoms with Crippen molar-refractivity contribution in [2.75, 3.05) is 6.61 Å². The summed E-state index contributed by atoms with van der Waals surface area (Å²) in [6, 6.07) is 2.39. The first kappa shape index (κ1) is 13.0. The van der Waals surface area contributed by atoms with Crippen LogP contribution in [0.4, 0.5) is 14.5 Å². The highest BCUT2D eigenvalue weighted by Crippen LogP contribution is 2.24. The largest absolute Gasteiger partial charge is 0.464 e. The van der Waals surface area contributed by atoms with E-state index >= 15 is 0 Å². The summed E-state index contributed by atoms with van der Waals surface area (Å²) in [5.41, 5.74) is -1.09. The maximum absolute atomic E-state index is 13.4. The van der Waals surface area contributed by atoms with Crippen molar-refractivity contribution < 1.29 is 23.2 Å². The molecule has 0 saturated heterocycles. The maximum Gasteiger partial charge on any atom is 0.345 e. The molecule has 0 saturated carbocycles. The Balaban J connectivity index is 2.97. The molecule has 0 aliphatic carbocycles. The molecule has 0 bridgehead atoms. The summed E-state index contributed by atoms with van der Waals surface area (Å²) in [5.74, 6) is -2.35. The van der Waals surface area contributed by atoms with Gasteiger partial charge < -0.3 is 4.74 Å². The zero-order valence-electron chi connectivity index (χ0n) is 8.85. The highest BCUT2D eigenvalue weighted by Gasteiger charge is 2.24. The van der Waals surface area contributed by atoms with Crippen LogP contribution in [0.2, 0.25) is 0 Å². The van der Waals surface area contributed by atoms with Gasteiger partial charge in [-0.1, -0.05) is 0 Å². The second-order valence-corrected chi connectivity index (χ2v) is 3.08. The summed E-state index contributed by atoms with van der Waals surface area (Å²) in [6.07, 6.45) is -2.15. The molecule has 92 valence electrons. The number of esters is 1. The number of carbonyl (C=O) groups excluding carboxylic acids is 1. The van der Waals surface area contributed by atoms with E-state index in [1.165, 1.54) is 6.92 Å². The van der Waals surface area contributed by atoms with Gasteiger partial charge in [0.15, 0.2) is 0 Å². The first-order chi connectivity index (χ1) is 7.97. The number of alkyl halides is 1. The van der Waals surface area contributed by atoms with Crippen LogP contribution in [-0.2, 0) is 9.53 Å². The van der Waals surface area contributed by atoms with Crippen LogP contribution in [0.15, 0.2) is 18.2 Å². The Morgan fingerprint density at radius 1 is 1.59 bits per heavy atom. The summed E-state index contributed by atoms with van der Waals surface area (Å²) < 4.78 is 31.0. The summed E-state index contributed by atoms with van der Waals surface area (Å²) in [7, 11) is 0. The Hall–Kier alpha value is -2.05. The lowest BCUT2D eigenvalue weighted by Crippen LogP contribution is -2.12. The predicted molar refractivity (Wildman–Crippen MR) is 53.5 cm³/mol. The van der Waals surface area contributed by atoms with Gasteiger partial charge in [0.05, 0.1) is 11.5 Å². The van der Waals surface area contributed by atoms with Crippen LogP contribution >= 0.6 is 0 Å². The number of ether oxygens (including phenoxy) is 1. The van der Waals surface area contributed by atoms with Gasteiger partial charge in [-0.05, 0) is 19.1 Å². The molecule has 17 heavy (non-hydrogen) atoms. The first-order valence-corrected chi connectivity index (χ1v) is 4.72. The van der Waals surface area contributed by atoms with Crippen molar-refractivity contribution in [1.29, 1.82) is 0 Å². The number of rotatable bonds is 4.